The Morgan fingerprint density at radius 1 is 1.17 bits per heavy atom. The standard InChI is InChI=1S/C20H15Cl2N5OS2/c1-12-14(21)10-23-18(17(12)22)24-16(28)11-30-20-26-25-19(15-8-5-9-29-15)27(20)13-6-3-2-4-7-13/h2-10H,11H2,1H3,(H,23,24,28). The van der Waals surface area contributed by atoms with E-state index in [2.05, 4.69) is 20.5 Å². The monoisotopic (exact) mass is 475 g/mol. The Morgan fingerprint density at radius 2 is 1.97 bits per heavy atom. The smallest absolute Gasteiger partial charge is 0.236 e. The minimum Gasteiger partial charge on any atom is -0.309 e. The van der Waals surface area contributed by atoms with Crippen LogP contribution in [-0.4, -0.2) is 31.4 Å². The first-order valence-electron chi connectivity index (χ1n) is 8.82. The summed E-state index contributed by atoms with van der Waals surface area (Å²) in [7, 11) is 0. The summed E-state index contributed by atoms with van der Waals surface area (Å²) < 4.78 is 1.95. The molecule has 1 aromatic carbocycles. The number of rotatable bonds is 6. The van der Waals surface area contributed by atoms with Crippen molar-refractivity contribution in [3.8, 4) is 16.4 Å². The van der Waals surface area contributed by atoms with E-state index in [0.717, 1.165) is 16.4 Å². The molecule has 1 N–H and O–H groups in total. The lowest BCUT2D eigenvalue weighted by Gasteiger charge is -2.10. The highest BCUT2D eigenvalue weighted by Crippen LogP contribution is 2.31. The van der Waals surface area contributed by atoms with Crippen molar-refractivity contribution in [2.45, 2.75) is 12.1 Å². The summed E-state index contributed by atoms with van der Waals surface area (Å²) in [6, 6.07) is 13.8. The molecule has 0 unspecified atom stereocenters. The predicted molar refractivity (Wildman–Crippen MR) is 123 cm³/mol. The van der Waals surface area contributed by atoms with Crippen molar-refractivity contribution in [3.05, 3.63) is 69.7 Å². The minimum absolute atomic E-state index is 0.120. The number of para-hydroxylation sites is 1. The van der Waals surface area contributed by atoms with Crippen LogP contribution in [0, 0.1) is 6.92 Å². The lowest BCUT2D eigenvalue weighted by atomic mass is 10.3. The Kier molecular flexibility index (Phi) is 6.38. The van der Waals surface area contributed by atoms with Crippen molar-refractivity contribution in [1.29, 1.82) is 0 Å². The number of pyridine rings is 1. The zero-order valence-electron chi connectivity index (χ0n) is 15.7. The molecule has 0 bridgehead atoms. The van der Waals surface area contributed by atoms with Crippen LogP contribution in [0.5, 0.6) is 0 Å². The fraction of sp³-hybridized carbons (Fsp3) is 0.100. The van der Waals surface area contributed by atoms with Crippen LogP contribution in [0.25, 0.3) is 16.4 Å². The van der Waals surface area contributed by atoms with E-state index in [1.165, 1.54) is 18.0 Å². The number of thiophene rings is 1. The number of aromatic nitrogens is 4. The van der Waals surface area contributed by atoms with E-state index in [9.17, 15) is 4.79 Å². The summed E-state index contributed by atoms with van der Waals surface area (Å²) in [5.41, 5.74) is 1.59. The molecule has 0 radical (unpaired) electrons. The van der Waals surface area contributed by atoms with Gasteiger partial charge in [0.05, 0.1) is 20.7 Å². The molecular weight excluding hydrogens is 461 g/mol. The second-order valence-corrected chi connectivity index (χ2v) is 8.86. The molecule has 6 nitrogen and oxygen atoms in total. The normalized spacial score (nSPS) is 10.9. The van der Waals surface area contributed by atoms with Gasteiger partial charge in [-0.25, -0.2) is 4.98 Å². The number of carbonyl (C=O) groups excluding carboxylic acids is 1. The van der Waals surface area contributed by atoms with Gasteiger partial charge < -0.3 is 5.32 Å². The molecular formula is C20H15Cl2N5OS2. The van der Waals surface area contributed by atoms with Crippen LogP contribution in [0.2, 0.25) is 10.0 Å². The Hall–Kier alpha value is -2.39. The SMILES string of the molecule is Cc1c(Cl)cnc(NC(=O)CSc2nnc(-c3cccs3)n2-c2ccccc2)c1Cl. The molecule has 0 saturated carbocycles. The third-order valence-electron chi connectivity index (χ3n) is 4.18. The zero-order chi connectivity index (χ0) is 21.1. The van der Waals surface area contributed by atoms with Gasteiger partial charge >= 0.3 is 0 Å². The molecule has 0 atom stereocenters. The van der Waals surface area contributed by atoms with Crippen LogP contribution in [0.15, 0.2) is 59.2 Å². The Morgan fingerprint density at radius 3 is 2.70 bits per heavy atom. The van der Waals surface area contributed by atoms with E-state index in [-0.39, 0.29) is 17.5 Å². The van der Waals surface area contributed by atoms with Gasteiger partial charge in [0.15, 0.2) is 16.8 Å². The molecule has 4 aromatic rings. The number of halogens is 2. The summed E-state index contributed by atoms with van der Waals surface area (Å²) in [5, 5.41) is 14.8. The number of amides is 1. The van der Waals surface area contributed by atoms with Gasteiger partial charge in [-0.05, 0) is 36.1 Å². The maximum Gasteiger partial charge on any atom is 0.236 e. The van der Waals surface area contributed by atoms with Gasteiger partial charge in [-0.2, -0.15) is 0 Å². The van der Waals surface area contributed by atoms with Gasteiger partial charge in [-0.15, -0.1) is 21.5 Å². The first-order chi connectivity index (χ1) is 14.5. The van der Waals surface area contributed by atoms with Gasteiger partial charge in [0.25, 0.3) is 0 Å². The molecule has 4 rings (SSSR count). The molecule has 1 amide bonds. The van der Waals surface area contributed by atoms with Crippen LogP contribution in [0.4, 0.5) is 5.82 Å². The third-order valence-corrected chi connectivity index (χ3v) is 6.82. The van der Waals surface area contributed by atoms with Crippen molar-refractivity contribution < 1.29 is 4.79 Å². The summed E-state index contributed by atoms with van der Waals surface area (Å²) in [6.07, 6.45) is 1.46. The molecule has 0 aliphatic rings. The Labute approximate surface area is 191 Å². The van der Waals surface area contributed by atoms with E-state index in [1.54, 1.807) is 18.3 Å². The largest absolute Gasteiger partial charge is 0.309 e. The van der Waals surface area contributed by atoms with Gasteiger partial charge in [0.2, 0.25) is 5.91 Å². The predicted octanol–water partition coefficient (Wildman–Crippen LogP) is 5.74. The topological polar surface area (TPSA) is 72.7 Å². The second kappa shape index (κ2) is 9.18. The number of nitrogens with one attached hydrogen (secondary N) is 1. The van der Waals surface area contributed by atoms with Gasteiger partial charge in [0.1, 0.15) is 0 Å². The third kappa shape index (κ3) is 4.37. The summed E-state index contributed by atoms with van der Waals surface area (Å²) in [6.45, 7) is 1.77. The van der Waals surface area contributed by atoms with Crippen molar-refractivity contribution >= 4 is 58.0 Å². The second-order valence-electron chi connectivity index (χ2n) is 6.19. The van der Waals surface area contributed by atoms with E-state index in [0.29, 0.717) is 20.8 Å². The molecule has 3 heterocycles. The zero-order valence-corrected chi connectivity index (χ0v) is 18.8. The number of hydrogen-bond donors (Lipinski definition) is 1. The molecule has 3 aromatic heterocycles. The maximum absolute atomic E-state index is 12.5. The summed E-state index contributed by atoms with van der Waals surface area (Å²) in [4.78, 5) is 17.6. The lowest BCUT2D eigenvalue weighted by Crippen LogP contribution is -2.16. The Balaban J connectivity index is 1.55. The van der Waals surface area contributed by atoms with Crippen molar-refractivity contribution in [1.82, 2.24) is 19.7 Å². The summed E-state index contributed by atoms with van der Waals surface area (Å²) in [5.74, 6) is 0.885. The van der Waals surface area contributed by atoms with Crippen molar-refractivity contribution in [2.75, 3.05) is 11.1 Å². The fourth-order valence-corrected chi connectivity index (χ4v) is 4.52. The number of hydrogen-bond acceptors (Lipinski definition) is 6. The molecule has 0 saturated heterocycles. The lowest BCUT2D eigenvalue weighted by molar-refractivity contribution is -0.113. The number of nitrogens with zero attached hydrogens (tertiary/aromatic N) is 4. The van der Waals surface area contributed by atoms with E-state index in [1.807, 2.05) is 52.4 Å². The average molecular weight is 476 g/mol. The maximum atomic E-state index is 12.5. The van der Waals surface area contributed by atoms with Crippen molar-refractivity contribution in [2.24, 2.45) is 0 Å². The van der Waals surface area contributed by atoms with Crippen LogP contribution >= 0.6 is 46.3 Å². The van der Waals surface area contributed by atoms with E-state index < -0.39 is 0 Å². The molecule has 152 valence electrons. The molecule has 30 heavy (non-hydrogen) atoms. The fourth-order valence-electron chi connectivity index (χ4n) is 2.68. The summed E-state index contributed by atoms with van der Waals surface area (Å²) >= 11 is 15.1. The highest BCUT2D eigenvalue weighted by Gasteiger charge is 2.18. The molecule has 0 fully saturated rings. The highest BCUT2D eigenvalue weighted by atomic mass is 35.5. The highest BCUT2D eigenvalue weighted by molar-refractivity contribution is 7.99. The van der Waals surface area contributed by atoms with Gasteiger partial charge in [0, 0.05) is 11.9 Å². The molecule has 10 heteroatoms. The van der Waals surface area contributed by atoms with Crippen LogP contribution in [0.3, 0.4) is 0 Å². The Bertz CT molecular complexity index is 1180. The molecule has 0 spiro atoms. The number of benzene rings is 1. The number of anilines is 1. The number of thioether (sulfide) groups is 1. The first-order valence-corrected chi connectivity index (χ1v) is 11.4. The van der Waals surface area contributed by atoms with E-state index in [4.69, 9.17) is 23.2 Å². The van der Waals surface area contributed by atoms with Crippen LogP contribution in [-0.2, 0) is 4.79 Å². The van der Waals surface area contributed by atoms with E-state index >= 15 is 0 Å². The quantitative estimate of drug-likeness (QED) is 0.360. The van der Waals surface area contributed by atoms with Gasteiger partial charge in [-0.3, -0.25) is 9.36 Å². The first kappa shape index (κ1) is 20.9. The van der Waals surface area contributed by atoms with Gasteiger partial charge in [-0.1, -0.05) is 59.2 Å². The van der Waals surface area contributed by atoms with Crippen LogP contribution < -0.4 is 5.32 Å². The molecule has 0 aliphatic heterocycles. The molecule has 0 aliphatic carbocycles. The van der Waals surface area contributed by atoms with Crippen LogP contribution in [0.1, 0.15) is 5.56 Å². The minimum atomic E-state index is -0.253. The number of carbonyl (C=O) groups is 1. The average Bonchev–Trinajstić information content (AvgIpc) is 3.43. The van der Waals surface area contributed by atoms with Crippen molar-refractivity contribution in [3.63, 3.8) is 0 Å².